The Morgan fingerprint density at radius 3 is 2.62 bits per heavy atom. The van der Waals surface area contributed by atoms with Crippen molar-refractivity contribution in [2.24, 2.45) is 0 Å². The highest BCUT2D eigenvalue weighted by Crippen LogP contribution is 2.39. The summed E-state index contributed by atoms with van der Waals surface area (Å²) in [6.07, 6.45) is 2.81. The molecule has 0 atom stereocenters. The van der Waals surface area contributed by atoms with Gasteiger partial charge in [0, 0.05) is 17.0 Å². The highest BCUT2D eigenvalue weighted by molar-refractivity contribution is 7.99. The van der Waals surface area contributed by atoms with E-state index in [0.29, 0.717) is 35.5 Å². The minimum Gasteiger partial charge on any atom is -0.494 e. The maximum Gasteiger partial charge on any atom is 0.341 e. The minimum absolute atomic E-state index is 0.159. The van der Waals surface area contributed by atoms with Gasteiger partial charge in [-0.1, -0.05) is 11.8 Å². The van der Waals surface area contributed by atoms with Gasteiger partial charge in [0.1, 0.15) is 10.8 Å². The second kappa shape index (κ2) is 11.1. The van der Waals surface area contributed by atoms with E-state index in [1.807, 2.05) is 42.7 Å². The molecule has 1 aromatic carbocycles. The van der Waals surface area contributed by atoms with Gasteiger partial charge in [-0.3, -0.25) is 4.79 Å². The van der Waals surface area contributed by atoms with Gasteiger partial charge in [0.25, 0.3) is 0 Å². The average Bonchev–Trinajstić information content (AvgIpc) is 3.52. The van der Waals surface area contributed by atoms with E-state index in [1.54, 1.807) is 6.92 Å². The Balaban J connectivity index is 1.45. The fourth-order valence-corrected chi connectivity index (χ4v) is 6.06. The number of carbonyl (C=O) groups excluding carboxylic acids is 2. The Kier molecular flexibility index (Phi) is 7.89. The van der Waals surface area contributed by atoms with Crippen LogP contribution in [0.15, 0.2) is 29.4 Å². The van der Waals surface area contributed by atoms with Crippen LogP contribution in [0.3, 0.4) is 0 Å². The maximum atomic E-state index is 12.8. The number of nitrogens with zero attached hydrogens (tertiary/aromatic N) is 3. The Morgan fingerprint density at radius 1 is 1.12 bits per heavy atom. The number of hydrogen-bond acceptors (Lipinski definition) is 8. The van der Waals surface area contributed by atoms with E-state index < -0.39 is 0 Å². The molecule has 34 heavy (non-hydrogen) atoms. The van der Waals surface area contributed by atoms with E-state index in [0.717, 1.165) is 46.8 Å². The van der Waals surface area contributed by atoms with Gasteiger partial charge in [0.2, 0.25) is 5.91 Å². The van der Waals surface area contributed by atoms with Crippen molar-refractivity contribution < 1.29 is 19.1 Å². The van der Waals surface area contributed by atoms with E-state index in [2.05, 4.69) is 15.5 Å². The summed E-state index contributed by atoms with van der Waals surface area (Å²) >= 11 is 2.80. The van der Waals surface area contributed by atoms with Gasteiger partial charge in [-0.2, -0.15) is 0 Å². The normalized spacial score (nSPS) is 12.4. The number of nitrogens with one attached hydrogen (secondary N) is 1. The largest absolute Gasteiger partial charge is 0.494 e. The number of aryl methyl sites for hydroxylation is 1. The van der Waals surface area contributed by atoms with Crippen LogP contribution in [-0.2, 0) is 28.9 Å². The highest BCUT2D eigenvalue weighted by atomic mass is 32.2. The monoisotopic (exact) mass is 500 g/mol. The molecule has 1 aliphatic rings. The van der Waals surface area contributed by atoms with Crippen LogP contribution < -0.4 is 10.1 Å². The number of hydrogen-bond donors (Lipinski definition) is 1. The molecule has 10 heteroatoms. The second-order valence-corrected chi connectivity index (χ2v) is 9.67. The third kappa shape index (κ3) is 5.12. The molecule has 8 nitrogen and oxygen atoms in total. The molecule has 1 amide bonds. The zero-order valence-corrected chi connectivity index (χ0v) is 21.2. The van der Waals surface area contributed by atoms with Gasteiger partial charge in [0.05, 0.1) is 24.5 Å². The number of rotatable bonds is 10. The third-order valence-corrected chi connectivity index (χ3v) is 7.62. The first kappa shape index (κ1) is 24.3. The summed E-state index contributed by atoms with van der Waals surface area (Å²) in [6.45, 7) is 7.34. The van der Waals surface area contributed by atoms with Crippen LogP contribution in [0, 0.1) is 0 Å². The molecule has 0 spiro atoms. The Morgan fingerprint density at radius 2 is 1.91 bits per heavy atom. The summed E-state index contributed by atoms with van der Waals surface area (Å²) in [4.78, 5) is 26.5. The summed E-state index contributed by atoms with van der Waals surface area (Å²) in [6, 6.07) is 7.73. The number of thioether (sulfide) groups is 1. The minimum atomic E-state index is -0.365. The van der Waals surface area contributed by atoms with Crippen LogP contribution in [0.2, 0.25) is 0 Å². The van der Waals surface area contributed by atoms with E-state index in [-0.39, 0.29) is 17.6 Å². The molecule has 180 valence electrons. The number of anilines is 1. The topological polar surface area (TPSA) is 95.3 Å². The second-order valence-electron chi connectivity index (χ2n) is 7.63. The molecule has 4 rings (SSSR count). The van der Waals surface area contributed by atoms with Crippen LogP contribution >= 0.6 is 23.1 Å². The predicted octanol–water partition coefficient (Wildman–Crippen LogP) is 4.82. The molecular formula is C24H28N4O4S2. The molecule has 2 aromatic heterocycles. The van der Waals surface area contributed by atoms with E-state index >= 15 is 0 Å². The molecular weight excluding hydrogens is 472 g/mol. The molecule has 1 aliphatic carbocycles. The zero-order chi connectivity index (χ0) is 24.1. The van der Waals surface area contributed by atoms with E-state index in [9.17, 15) is 9.59 Å². The number of carbonyl (C=O) groups is 2. The summed E-state index contributed by atoms with van der Waals surface area (Å²) in [5.41, 5.74) is 2.48. The summed E-state index contributed by atoms with van der Waals surface area (Å²) in [5.74, 6) is 1.15. The van der Waals surface area contributed by atoms with Crippen LogP contribution in [0.5, 0.6) is 5.75 Å². The van der Waals surface area contributed by atoms with Crippen molar-refractivity contribution in [1.29, 1.82) is 0 Å². The lowest BCUT2D eigenvalue weighted by Gasteiger charge is -2.09. The molecule has 2 heterocycles. The van der Waals surface area contributed by atoms with Crippen LogP contribution in [0.25, 0.3) is 11.4 Å². The SMILES string of the molecule is CCOC(=O)c1c(NC(=O)CSc2nnc(-c3ccc(OCC)cc3)n2CC)sc2c1CCC2. The van der Waals surface area contributed by atoms with Gasteiger partial charge in [-0.25, -0.2) is 4.79 Å². The van der Waals surface area contributed by atoms with E-state index in [4.69, 9.17) is 9.47 Å². The van der Waals surface area contributed by atoms with E-state index in [1.165, 1.54) is 23.1 Å². The number of esters is 1. The molecule has 0 saturated heterocycles. The van der Waals surface area contributed by atoms with Gasteiger partial charge >= 0.3 is 5.97 Å². The van der Waals surface area contributed by atoms with Gasteiger partial charge in [-0.15, -0.1) is 21.5 Å². The van der Waals surface area contributed by atoms with Crippen molar-refractivity contribution in [2.45, 2.75) is 51.7 Å². The maximum absolute atomic E-state index is 12.8. The lowest BCUT2D eigenvalue weighted by atomic mass is 10.1. The first-order valence-corrected chi connectivity index (χ1v) is 13.3. The van der Waals surface area contributed by atoms with Crippen molar-refractivity contribution in [3.63, 3.8) is 0 Å². The number of benzene rings is 1. The standard InChI is InChI=1S/C24H28N4O4S2/c1-4-28-21(15-10-12-16(13-11-15)31-5-2)26-27-24(28)33-14-19(29)25-22-20(23(30)32-6-3)17-8-7-9-18(17)34-22/h10-13H,4-9,14H2,1-3H3,(H,25,29). The quantitative estimate of drug-likeness (QED) is 0.315. The first-order valence-electron chi connectivity index (χ1n) is 11.5. The van der Waals surface area contributed by atoms with Gasteiger partial charge in [-0.05, 0) is 69.9 Å². The van der Waals surface area contributed by atoms with Gasteiger partial charge < -0.3 is 19.4 Å². The fraction of sp³-hybridized carbons (Fsp3) is 0.417. The predicted molar refractivity (Wildman–Crippen MR) is 134 cm³/mol. The first-order chi connectivity index (χ1) is 16.5. The third-order valence-electron chi connectivity index (χ3n) is 5.44. The van der Waals surface area contributed by atoms with Crippen LogP contribution in [0.4, 0.5) is 5.00 Å². The smallest absolute Gasteiger partial charge is 0.341 e. The molecule has 0 saturated carbocycles. The number of thiophene rings is 1. The molecule has 0 aliphatic heterocycles. The Hall–Kier alpha value is -2.85. The molecule has 0 unspecified atom stereocenters. The van der Waals surface area contributed by atoms with Crippen molar-refractivity contribution >= 4 is 40.0 Å². The molecule has 0 fully saturated rings. The molecule has 0 bridgehead atoms. The number of amides is 1. The molecule has 3 aromatic rings. The van der Waals surface area contributed by atoms with Gasteiger partial charge in [0.15, 0.2) is 11.0 Å². The highest BCUT2D eigenvalue weighted by Gasteiger charge is 2.28. The van der Waals surface area contributed by atoms with Crippen molar-refractivity contribution in [3.8, 4) is 17.1 Å². The summed E-state index contributed by atoms with van der Waals surface area (Å²) in [5, 5.41) is 12.8. The lowest BCUT2D eigenvalue weighted by Crippen LogP contribution is -2.17. The molecule has 1 N–H and O–H groups in total. The van der Waals surface area contributed by atoms with Crippen molar-refractivity contribution in [3.05, 3.63) is 40.3 Å². The average molecular weight is 501 g/mol. The number of fused-ring (bicyclic) bond motifs is 1. The van der Waals surface area contributed by atoms with Crippen molar-refractivity contribution in [1.82, 2.24) is 14.8 Å². The van der Waals surface area contributed by atoms with Crippen molar-refractivity contribution in [2.75, 3.05) is 24.3 Å². The van der Waals surface area contributed by atoms with Crippen LogP contribution in [0.1, 0.15) is 48.0 Å². The lowest BCUT2D eigenvalue weighted by molar-refractivity contribution is -0.113. The number of ether oxygens (including phenoxy) is 2. The molecule has 0 radical (unpaired) electrons. The number of aromatic nitrogens is 3. The zero-order valence-electron chi connectivity index (χ0n) is 19.6. The van der Waals surface area contributed by atoms with Crippen LogP contribution in [-0.4, -0.2) is 45.6 Å². The summed E-state index contributed by atoms with van der Waals surface area (Å²) in [7, 11) is 0. The summed E-state index contributed by atoms with van der Waals surface area (Å²) < 4.78 is 12.7. The Labute approximate surface area is 207 Å². The fourth-order valence-electron chi connectivity index (χ4n) is 3.97. The Bertz CT molecular complexity index is 1170.